The van der Waals surface area contributed by atoms with Crippen molar-refractivity contribution in [1.29, 1.82) is 0 Å². The Morgan fingerprint density at radius 1 is 1.38 bits per heavy atom. The summed E-state index contributed by atoms with van der Waals surface area (Å²) in [6, 6.07) is 6.23. The van der Waals surface area contributed by atoms with Crippen LogP contribution in [0.3, 0.4) is 0 Å². The predicted molar refractivity (Wildman–Crippen MR) is 84.7 cm³/mol. The van der Waals surface area contributed by atoms with E-state index in [9.17, 15) is 4.79 Å². The van der Waals surface area contributed by atoms with Crippen molar-refractivity contribution in [1.82, 2.24) is 10.6 Å². The lowest BCUT2D eigenvalue weighted by molar-refractivity contribution is -0.127. The summed E-state index contributed by atoms with van der Waals surface area (Å²) >= 11 is 6.26. The van der Waals surface area contributed by atoms with Crippen LogP contribution >= 0.6 is 11.6 Å². The molecule has 1 aromatic rings. The minimum Gasteiger partial charge on any atom is -0.481 e. The molecule has 2 rings (SSSR count). The highest BCUT2D eigenvalue weighted by molar-refractivity contribution is 6.31. The van der Waals surface area contributed by atoms with Gasteiger partial charge in [0.15, 0.2) is 6.10 Å². The number of benzene rings is 1. The maximum Gasteiger partial charge on any atom is 0.260 e. The van der Waals surface area contributed by atoms with Gasteiger partial charge >= 0.3 is 0 Å². The molecular formula is C16H23ClN2O2. The lowest BCUT2D eigenvalue weighted by atomic mass is 10.2. The standard InChI is InChI=1S/C16H23ClN2O2/c1-10(2)19-16(20)11(3)21-15-6-4-5-14(17)13(15)9-18-12-7-8-12/h4-6,10-12,18H,7-9H2,1-3H3,(H,19,20). The van der Waals surface area contributed by atoms with Gasteiger partial charge in [0.05, 0.1) is 0 Å². The van der Waals surface area contributed by atoms with E-state index in [-0.39, 0.29) is 11.9 Å². The van der Waals surface area contributed by atoms with Crippen LogP contribution in [-0.2, 0) is 11.3 Å². The highest BCUT2D eigenvalue weighted by atomic mass is 35.5. The van der Waals surface area contributed by atoms with Crippen molar-refractivity contribution < 1.29 is 9.53 Å². The van der Waals surface area contributed by atoms with Crippen molar-refractivity contribution in [2.24, 2.45) is 0 Å². The molecule has 0 aromatic heterocycles. The summed E-state index contributed by atoms with van der Waals surface area (Å²) in [5.41, 5.74) is 0.912. The van der Waals surface area contributed by atoms with Crippen LogP contribution in [0.1, 0.15) is 39.2 Å². The van der Waals surface area contributed by atoms with Gasteiger partial charge in [0.25, 0.3) is 5.91 Å². The van der Waals surface area contributed by atoms with Crippen molar-refractivity contribution in [3.8, 4) is 5.75 Å². The Hall–Kier alpha value is -1.26. The lowest BCUT2D eigenvalue weighted by Crippen LogP contribution is -2.40. The first-order chi connectivity index (χ1) is 9.97. The first kappa shape index (κ1) is 16.1. The number of nitrogens with one attached hydrogen (secondary N) is 2. The molecule has 1 aliphatic rings. The van der Waals surface area contributed by atoms with Gasteiger partial charge in [-0.25, -0.2) is 0 Å². The summed E-state index contributed by atoms with van der Waals surface area (Å²) in [6.07, 6.45) is 1.88. The molecule has 1 aromatic carbocycles. The quantitative estimate of drug-likeness (QED) is 0.814. The largest absolute Gasteiger partial charge is 0.481 e. The summed E-state index contributed by atoms with van der Waals surface area (Å²) in [7, 11) is 0. The Morgan fingerprint density at radius 3 is 2.71 bits per heavy atom. The molecule has 5 heteroatoms. The molecule has 0 spiro atoms. The van der Waals surface area contributed by atoms with Gasteiger partial charge in [0.1, 0.15) is 5.75 Å². The maximum absolute atomic E-state index is 11.9. The van der Waals surface area contributed by atoms with E-state index in [1.54, 1.807) is 6.92 Å². The number of hydrogen-bond acceptors (Lipinski definition) is 3. The molecule has 2 N–H and O–H groups in total. The molecule has 1 fully saturated rings. The number of ether oxygens (including phenoxy) is 1. The highest BCUT2D eigenvalue weighted by Gasteiger charge is 2.22. The van der Waals surface area contributed by atoms with Gasteiger partial charge in [-0.1, -0.05) is 17.7 Å². The number of carbonyl (C=O) groups excluding carboxylic acids is 1. The number of hydrogen-bond donors (Lipinski definition) is 2. The van der Waals surface area contributed by atoms with Crippen LogP contribution in [0.4, 0.5) is 0 Å². The molecule has 1 amide bonds. The molecular weight excluding hydrogens is 288 g/mol. The number of amides is 1. The van der Waals surface area contributed by atoms with Crippen molar-refractivity contribution in [2.45, 2.75) is 58.3 Å². The van der Waals surface area contributed by atoms with Gasteiger partial charge in [-0.05, 0) is 45.7 Å². The van der Waals surface area contributed by atoms with Crippen LogP contribution in [0.2, 0.25) is 5.02 Å². The van der Waals surface area contributed by atoms with Gasteiger partial charge in [-0.15, -0.1) is 0 Å². The Kier molecular flexibility index (Phi) is 5.48. The molecule has 0 saturated heterocycles. The zero-order valence-corrected chi connectivity index (χ0v) is 13.5. The summed E-state index contributed by atoms with van der Waals surface area (Å²) in [5.74, 6) is 0.549. The fourth-order valence-electron chi connectivity index (χ4n) is 2.00. The van der Waals surface area contributed by atoms with Gasteiger partial charge in [0, 0.05) is 29.2 Å². The second kappa shape index (κ2) is 7.14. The molecule has 0 heterocycles. The van der Waals surface area contributed by atoms with E-state index in [1.165, 1.54) is 12.8 Å². The monoisotopic (exact) mass is 310 g/mol. The van der Waals surface area contributed by atoms with E-state index in [0.717, 1.165) is 5.56 Å². The summed E-state index contributed by atoms with van der Waals surface area (Å²) in [6.45, 7) is 6.26. The van der Waals surface area contributed by atoms with Crippen LogP contribution in [0.25, 0.3) is 0 Å². The van der Waals surface area contributed by atoms with Gasteiger partial charge in [0.2, 0.25) is 0 Å². The fraction of sp³-hybridized carbons (Fsp3) is 0.562. The van der Waals surface area contributed by atoms with E-state index in [1.807, 2.05) is 32.0 Å². The molecule has 1 aliphatic carbocycles. The third-order valence-corrected chi connectivity index (χ3v) is 3.68. The van der Waals surface area contributed by atoms with E-state index in [4.69, 9.17) is 16.3 Å². The van der Waals surface area contributed by atoms with Crippen LogP contribution in [0.5, 0.6) is 5.75 Å². The molecule has 1 unspecified atom stereocenters. The van der Waals surface area contributed by atoms with Crippen molar-refractivity contribution in [3.05, 3.63) is 28.8 Å². The second-order valence-electron chi connectivity index (χ2n) is 5.80. The molecule has 0 radical (unpaired) electrons. The van der Waals surface area contributed by atoms with Crippen LogP contribution < -0.4 is 15.4 Å². The van der Waals surface area contributed by atoms with Gasteiger partial charge in [-0.2, -0.15) is 0 Å². The van der Waals surface area contributed by atoms with Gasteiger partial charge in [-0.3, -0.25) is 4.79 Å². The van der Waals surface area contributed by atoms with E-state index in [0.29, 0.717) is 23.4 Å². The second-order valence-corrected chi connectivity index (χ2v) is 6.20. The summed E-state index contributed by atoms with van der Waals surface area (Å²) < 4.78 is 5.81. The number of rotatable bonds is 7. The Balaban J connectivity index is 2.03. The molecule has 1 atom stereocenters. The predicted octanol–water partition coefficient (Wildman–Crippen LogP) is 2.88. The molecule has 4 nitrogen and oxygen atoms in total. The zero-order chi connectivity index (χ0) is 15.4. The van der Waals surface area contributed by atoms with E-state index >= 15 is 0 Å². The minimum absolute atomic E-state index is 0.0962. The Labute approximate surface area is 131 Å². The summed E-state index contributed by atoms with van der Waals surface area (Å²) in [5, 5.41) is 6.93. The molecule has 116 valence electrons. The normalized spacial score (nSPS) is 15.9. The van der Waals surface area contributed by atoms with Crippen LogP contribution in [0.15, 0.2) is 18.2 Å². The number of halogens is 1. The van der Waals surface area contributed by atoms with E-state index in [2.05, 4.69) is 10.6 Å². The molecule has 0 bridgehead atoms. The zero-order valence-electron chi connectivity index (χ0n) is 12.8. The fourth-order valence-corrected chi connectivity index (χ4v) is 2.23. The average molecular weight is 311 g/mol. The number of carbonyl (C=O) groups is 1. The van der Waals surface area contributed by atoms with Crippen LogP contribution in [0, 0.1) is 0 Å². The highest BCUT2D eigenvalue weighted by Crippen LogP contribution is 2.29. The topological polar surface area (TPSA) is 50.4 Å². The van der Waals surface area contributed by atoms with Crippen LogP contribution in [-0.4, -0.2) is 24.1 Å². The molecule has 21 heavy (non-hydrogen) atoms. The van der Waals surface area contributed by atoms with Crippen molar-refractivity contribution in [3.63, 3.8) is 0 Å². The maximum atomic E-state index is 11.9. The SMILES string of the molecule is CC(C)NC(=O)C(C)Oc1cccc(Cl)c1CNC1CC1. The third-order valence-electron chi connectivity index (χ3n) is 3.32. The third kappa shape index (κ3) is 4.90. The van der Waals surface area contributed by atoms with Crippen molar-refractivity contribution >= 4 is 17.5 Å². The molecule has 1 saturated carbocycles. The summed E-state index contributed by atoms with van der Waals surface area (Å²) in [4.78, 5) is 11.9. The lowest BCUT2D eigenvalue weighted by Gasteiger charge is -2.19. The average Bonchev–Trinajstić information content (AvgIpc) is 3.21. The Morgan fingerprint density at radius 2 is 2.10 bits per heavy atom. The Bertz CT molecular complexity index is 501. The smallest absolute Gasteiger partial charge is 0.260 e. The first-order valence-corrected chi connectivity index (χ1v) is 7.83. The molecule has 0 aliphatic heterocycles. The van der Waals surface area contributed by atoms with E-state index < -0.39 is 6.10 Å². The van der Waals surface area contributed by atoms with Crippen molar-refractivity contribution in [2.75, 3.05) is 0 Å². The van der Waals surface area contributed by atoms with Gasteiger partial charge < -0.3 is 15.4 Å². The minimum atomic E-state index is -0.550. The first-order valence-electron chi connectivity index (χ1n) is 7.45.